The number of amides is 2. The number of hydrogen-bond acceptors (Lipinski definition) is 7. The second kappa shape index (κ2) is 10.5. The summed E-state index contributed by atoms with van der Waals surface area (Å²) >= 11 is 0. The van der Waals surface area contributed by atoms with E-state index >= 15 is 0 Å². The average molecular weight is 518 g/mol. The van der Waals surface area contributed by atoms with Crippen LogP contribution in [0.1, 0.15) is 51.3 Å². The number of carboxylic acid groups (broad SMARTS) is 1. The van der Waals surface area contributed by atoms with Crippen LogP contribution in [0, 0.1) is 11.3 Å². The third kappa shape index (κ3) is 5.62. The molecule has 0 aliphatic carbocycles. The molecule has 10 nitrogen and oxygen atoms in total. The Kier molecular flexibility index (Phi) is 7.39. The standard InChI is InChI=1S/C28H31N5O5/c1-17(2)37-23-10-9-18(13-20(23)14-29)26-30-25(31-38-26)22-8-6-7-19-15-32(12-11-21(19)22)24(34)16-33(27(35)36)28(3,4)5/h6-10,13,17H,11-12,15-16H2,1-5H3,(H,35,36). The van der Waals surface area contributed by atoms with Crippen molar-refractivity contribution in [2.45, 2.75) is 59.2 Å². The van der Waals surface area contributed by atoms with E-state index in [1.165, 1.54) is 0 Å². The largest absolute Gasteiger partial charge is 0.490 e. The Balaban J connectivity index is 1.55. The normalized spacial score (nSPS) is 13.1. The van der Waals surface area contributed by atoms with Crippen molar-refractivity contribution in [1.29, 1.82) is 5.26 Å². The molecule has 38 heavy (non-hydrogen) atoms. The number of fused-ring (bicyclic) bond motifs is 1. The van der Waals surface area contributed by atoms with Crippen LogP contribution in [0.3, 0.4) is 0 Å². The second-order valence-corrected chi connectivity index (χ2v) is 10.5. The predicted molar refractivity (Wildman–Crippen MR) is 139 cm³/mol. The minimum absolute atomic E-state index is 0.0620. The van der Waals surface area contributed by atoms with Gasteiger partial charge in [-0.05, 0) is 70.4 Å². The summed E-state index contributed by atoms with van der Waals surface area (Å²) < 4.78 is 11.2. The van der Waals surface area contributed by atoms with E-state index in [0.29, 0.717) is 42.2 Å². The summed E-state index contributed by atoms with van der Waals surface area (Å²) in [6.45, 7) is 9.70. The molecule has 1 aliphatic heterocycles. The van der Waals surface area contributed by atoms with Crippen molar-refractivity contribution in [3.63, 3.8) is 0 Å². The highest BCUT2D eigenvalue weighted by atomic mass is 16.5. The average Bonchev–Trinajstić information content (AvgIpc) is 3.35. The highest BCUT2D eigenvalue weighted by molar-refractivity contribution is 5.82. The first-order valence-corrected chi connectivity index (χ1v) is 12.4. The monoisotopic (exact) mass is 517 g/mol. The first kappa shape index (κ1) is 26.7. The quantitative estimate of drug-likeness (QED) is 0.496. The van der Waals surface area contributed by atoms with Gasteiger partial charge in [-0.15, -0.1) is 0 Å². The van der Waals surface area contributed by atoms with Crippen molar-refractivity contribution in [3.05, 3.63) is 53.1 Å². The van der Waals surface area contributed by atoms with Crippen LogP contribution < -0.4 is 4.74 Å². The zero-order valence-corrected chi connectivity index (χ0v) is 22.2. The van der Waals surface area contributed by atoms with Crippen LogP contribution in [0.5, 0.6) is 5.75 Å². The molecule has 2 heterocycles. The van der Waals surface area contributed by atoms with Crippen molar-refractivity contribution in [2.75, 3.05) is 13.1 Å². The molecule has 0 saturated carbocycles. The number of carbonyl (C=O) groups is 2. The number of nitrogens with zero attached hydrogens (tertiary/aromatic N) is 5. The van der Waals surface area contributed by atoms with Crippen LogP contribution in [0.2, 0.25) is 0 Å². The van der Waals surface area contributed by atoms with E-state index in [1.54, 1.807) is 43.9 Å². The van der Waals surface area contributed by atoms with Gasteiger partial charge >= 0.3 is 6.09 Å². The van der Waals surface area contributed by atoms with Crippen LogP contribution in [-0.4, -0.2) is 61.8 Å². The van der Waals surface area contributed by atoms with Crippen molar-refractivity contribution in [3.8, 4) is 34.7 Å². The van der Waals surface area contributed by atoms with Gasteiger partial charge in [0, 0.05) is 29.8 Å². The zero-order valence-electron chi connectivity index (χ0n) is 22.2. The molecular weight excluding hydrogens is 486 g/mol. The molecule has 1 aromatic heterocycles. The Hall–Kier alpha value is -4.39. The summed E-state index contributed by atoms with van der Waals surface area (Å²) in [4.78, 5) is 32.1. The maximum atomic E-state index is 13.0. The summed E-state index contributed by atoms with van der Waals surface area (Å²) in [6.07, 6.45) is -0.612. The molecule has 0 saturated heterocycles. The highest BCUT2D eigenvalue weighted by Crippen LogP contribution is 2.32. The summed E-state index contributed by atoms with van der Waals surface area (Å²) in [7, 11) is 0. The lowest BCUT2D eigenvalue weighted by Gasteiger charge is -2.36. The Bertz CT molecular complexity index is 1400. The number of benzene rings is 2. The first-order valence-electron chi connectivity index (χ1n) is 12.4. The van der Waals surface area contributed by atoms with Gasteiger partial charge in [-0.25, -0.2) is 4.79 Å². The van der Waals surface area contributed by atoms with Crippen molar-refractivity contribution in [2.24, 2.45) is 0 Å². The van der Waals surface area contributed by atoms with Gasteiger partial charge in [-0.2, -0.15) is 10.2 Å². The van der Waals surface area contributed by atoms with E-state index in [4.69, 9.17) is 9.26 Å². The molecule has 2 amide bonds. The topological polar surface area (TPSA) is 133 Å². The molecule has 4 rings (SSSR count). The van der Waals surface area contributed by atoms with Crippen molar-refractivity contribution < 1.29 is 24.0 Å². The molecule has 0 atom stereocenters. The fourth-order valence-corrected chi connectivity index (χ4v) is 4.42. The van der Waals surface area contributed by atoms with Crippen molar-refractivity contribution in [1.82, 2.24) is 19.9 Å². The van der Waals surface area contributed by atoms with E-state index in [2.05, 4.69) is 16.2 Å². The fourth-order valence-electron chi connectivity index (χ4n) is 4.42. The molecule has 198 valence electrons. The molecule has 0 fully saturated rings. The molecule has 2 aromatic carbocycles. The van der Waals surface area contributed by atoms with E-state index in [-0.39, 0.29) is 24.4 Å². The van der Waals surface area contributed by atoms with Crippen molar-refractivity contribution >= 4 is 12.0 Å². The number of carbonyl (C=O) groups excluding carboxylic acids is 1. The van der Waals surface area contributed by atoms with Crippen LogP contribution >= 0.6 is 0 Å². The predicted octanol–water partition coefficient (Wildman–Crippen LogP) is 4.73. The van der Waals surface area contributed by atoms with Gasteiger partial charge in [0.25, 0.3) is 5.89 Å². The van der Waals surface area contributed by atoms with Crippen LogP contribution in [0.25, 0.3) is 22.8 Å². The number of nitriles is 1. The van der Waals surface area contributed by atoms with Gasteiger partial charge in [0.05, 0.1) is 11.7 Å². The zero-order chi connectivity index (χ0) is 27.6. The van der Waals surface area contributed by atoms with E-state index in [1.807, 2.05) is 32.0 Å². The Morgan fingerprint density at radius 2 is 2.03 bits per heavy atom. The number of hydrogen-bond donors (Lipinski definition) is 1. The van der Waals surface area contributed by atoms with Gasteiger partial charge in [-0.1, -0.05) is 23.4 Å². The maximum absolute atomic E-state index is 13.0. The molecule has 0 bridgehead atoms. The molecule has 10 heteroatoms. The Morgan fingerprint density at radius 3 is 2.68 bits per heavy atom. The second-order valence-electron chi connectivity index (χ2n) is 10.5. The molecule has 0 radical (unpaired) electrons. The first-order chi connectivity index (χ1) is 18.0. The van der Waals surface area contributed by atoms with E-state index in [0.717, 1.165) is 21.6 Å². The van der Waals surface area contributed by atoms with Crippen LogP contribution in [-0.2, 0) is 17.8 Å². The lowest BCUT2D eigenvalue weighted by Crippen LogP contribution is -2.51. The van der Waals surface area contributed by atoms with Gasteiger partial charge in [0.1, 0.15) is 18.4 Å². The smallest absolute Gasteiger partial charge is 0.408 e. The summed E-state index contributed by atoms with van der Waals surface area (Å²) in [6, 6.07) is 13.0. The lowest BCUT2D eigenvalue weighted by molar-refractivity contribution is -0.134. The molecule has 0 spiro atoms. The van der Waals surface area contributed by atoms with Crippen LogP contribution in [0.15, 0.2) is 40.9 Å². The highest BCUT2D eigenvalue weighted by Gasteiger charge is 2.31. The summed E-state index contributed by atoms with van der Waals surface area (Å²) in [5, 5.41) is 23.3. The molecule has 1 N–H and O–H groups in total. The number of ether oxygens (including phenoxy) is 1. The Morgan fingerprint density at radius 1 is 1.26 bits per heavy atom. The number of aromatic nitrogens is 2. The molecule has 1 aliphatic rings. The fraction of sp³-hybridized carbons (Fsp3) is 0.393. The van der Waals surface area contributed by atoms with E-state index < -0.39 is 11.6 Å². The number of rotatable bonds is 6. The Labute approximate surface area is 221 Å². The van der Waals surface area contributed by atoms with Crippen LogP contribution in [0.4, 0.5) is 4.79 Å². The third-order valence-corrected chi connectivity index (χ3v) is 6.33. The maximum Gasteiger partial charge on any atom is 0.408 e. The van der Waals surface area contributed by atoms with Gasteiger partial charge in [0.15, 0.2) is 0 Å². The third-order valence-electron chi connectivity index (χ3n) is 6.33. The SMILES string of the molecule is CC(C)Oc1ccc(-c2nc(-c3cccc4c3CCN(C(=O)CN(C(=O)O)C(C)(C)C)C4)no2)cc1C#N. The van der Waals surface area contributed by atoms with E-state index in [9.17, 15) is 20.0 Å². The summed E-state index contributed by atoms with van der Waals surface area (Å²) in [5.41, 5.74) is 3.09. The van der Waals surface area contributed by atoms with Gasteiger partial charge in [-0.3, -0.25) is 9.69 Å². The van der Waals surface area contributed by atoms with Gasteiger partial charge < -0.3 is 19.3 Å². The lowest BCUT2D eigenvalue weighted by atomic mass is 9.94. The molecular formula is C28H31N5O5. The molecule has 3 aromatic rings. The summed E-state index contributed by atoms with van der Waals surface area (Å²) in [5.74, 6) is 0.964. The van der Waals surface area contributed by atoms with Gasteiger partial charge in [0.2, 0.25) is 11.7 Å². The minimum Gasteiger partial charge on any atom is -0.490 e. The minimum atomic E-state index is -1.12. The molecule has 0 unspecified atom stereocenters.